The Bertz CT molecular complexity index is 850. The molecule has 7 heteroatoms. The van der Waals surface area contributed by atoms with E-state index >= 15 is 0 Å². The number of benzene rings is 1. The minimum atomic E-state index is 0.428. The fraction of sp³-hybridized carbons (Fsp3) is 0.316. The van der Waals surface area contributed by atoms with Crippen LogP contribution < -0.4 is 4.74 Å². The second-order valence-corrected chi connectivity index (χ2v) is 7.18. The summed E-state index contributed by atoms with van der Waals surface area (Å²) in [6, 6.07) is 7.10. The average Bonchev–Trinajstić information content (AvgIpc) is 3.20. The van der Waals surface area contributed by atoms with Gasteiger partial charge in [0.25, 0.3) is 0 Å². The van der Waals surface area contributed by atoms with Gasteiger partial charge in [-0.1, -0.05) is 40.0 Å². The van der Waals surface area contributed by atoms with Crippen molar-refractivity contribution in [2.24, 2.45) is 0 Å². The van der Waals surface area contributed by atoms with Crippen molar-refractivity contribution in [2.45, 2.75) is 32.6 Å². The van der Waals surface area contributed by atoms with Crippen LogP contribution in [0.3, 0.4) is 0 Å². The Morgan fingerprint density at radius 2 is 1.77 bits per heavy atom. The molecule has 0 unspecified atom stereocenters. The summed E-state index contributed by atoms with van der Waals surface area (Å²) >= 11 is 18.7. The lowest BCUT2D eigenvalue weighted by Crippen LogP contribution is -1.99. The number of hydrogen-bond donors (Lipinski definition) is 0. The maximum absolute atomic E-state index is 6.31. The highest BCUT2D eigenvalue weighted by Gasteiger charge is 2.14. The van der Waals surface area contributed by atoms with Crippen LogP contribution in [0.1, 0.15) is 30.7 Å². The third kappa shape index (κ3) is 4.76. The van der Waals surface area contributed by atoms with Crippen molar-refractivity contribution < 1.29 is 13.7 Å². The third-order valence-electron chi connectivity index (χ3n) is 3.87. The van der Waals surface area contributed by atoms with Crippen LogP contribution in [0.4, 0.5) is 0 Å². The second-order valence-electron chi connectivity index (χ2n) is 5.96. The summed E-state index contributed by atoms with van der Waals surface area (Å²) in [5, 5.41) is 5.24. The molecule has 0 amide bonds. The van der Waals surface area contributed by atoms with Crippen molar-refractivity contribution in [3.8, 4) is 17.1 Å². The van der Waals surface area contributed by atoms with E-state index in [0.29, 0.717) is 38.7 Å². The van der Waals surface area contributed by atoms with Crippen LogP contribution in [0.25, 0.3) is 11.3 Å². The summed E-state index contributed by atoms with van der Waals surface area (Å²) in [5.74, 6) is 1.93. The molecule has 0 spiro atoms. The van der Waals surface area contributed by atoms with Gasteiger partial charge in [0.15, 0.2) is 11.5 Å². The number of hydrogen-bond acceptors (Lipinski definition) is 4. The first-order valence-electron chi connectivity index (χ1n) is 8.32. The van der Waals surface area contributed by atoms with E-state index in [4.69, 9.17) is 48.5 Å². The SMILES string of the molecule is Cc1cc(CCCCCOc2c(Cl)cc(-c3occc3Cl)cc2Cl)on1. The molecule has 2 heterocycles. The largest absolute Gasteiger partial charge is 0.490 e. The van der Waals surface area contributed by atoms with Crippen LogP contribution in [-0.4, -0.2) is 11.8 Å². The predicted molar refractivity (Wildman–Crippen MR) is 103 cm³/mol. The molecule has 0 aliphatic rings. The van der Waals surface area contributed by atoms with E-state index in [9.17, 15) is 0 Å². The number of unbranched alkanes of at least 4 members (excludes halogenated alkanes) is 2. The molecule has 0 aliphatic heterocycles. The van der Waals surface area contributed by atoms with Crippen LogP contribution in [0.15, 0.2) is 39.5 Å². The lowest BCUT2D eigenvalue weighted by atomic mass is 10.1. The molecule has 138 valence electrons. The van der Waals surface area contributed by atoms with Crippen LogP contribution >= 0.6 is 34.8 Å². The number of halogens is 3. The van der Waals surface area contributed by atoms with Gasteiger partial charge in [-0.25, -0.2) is 0 Å². The molecule has 2 aromatic heterocycles. The van der Waals surface area contributed by atoms with E-state index in [2.05, 4.69) is 5.16 Å². The maximum atomic E-state index is 6.31. The molecular formula is C19H18Cl3NO3. The van der Waals surface area contributed by atoms with Crippen molar-refractivity contribution in [3.63, 3.8) is 0 Å². The fourth-order valence-corrected chi connectivity index (χ4v) is 3.42. The van der Waals surface area contributed by atoms with Gasteiger partial charge in [-0.05, 0) is 44.4 Å². The Hall–Kier alpha value is -1.62. The predicted octanol–water partition coefficient (Wildman–Crippen LogP) is 7.00. The lowest BCUT2D eigenvalue weighted by molar-refractivity contribution is 0.303. The zero-order valence-electron chi connectivity index (χ0n) is 14.2. The molecule has 1 aromatic carbocycles. The summed E-state index contributed by atoms with van der Waals surface area (Å²) in [7, 11) is 0. The highest BCUT2D eigenvalue weighted by Crippen LogP contribution is 2.39. The Balaban J connectivity index is 1.49. The third-order valence-corrected chi connectivity index (χ3v) is 4.73. The quantitative estimate of drug-likeness (QED) is 0.372. The Labute approximate surface area is 167 Å². The molecule has 0 N–H and O–H groups in total. The molecule has 3 rings (SSSR count). The first kappa shape index (κ1) is 19.2. The highest BCUT2D eigenvalue weighted by atomic mass is 35.5. The minimum absolute atomic E-state index is 0.428. The van der Waals surface area contributed by atoms with Gasteiger partial charge < -0.3 is 13.7 Å². The van der Waals surface area contributed by atoms with Crippen LogP contribution in [-0.2, 0) is 6.42 Å². The first-order valence-corrected chi connectivity index (χ1v) is 9.45. The Kier molecular flexibility index (Phi) is 6.52. The van der Waals surface area contributed by atoms with E-state index in [1.165, 1.54) is 6.26 Å². The zero-order chi connectivity index (χ0) is 18.5. The Morgan fingerprint density at radius 1 is 1.00 bits per heavy atom. The van der Waals surface area contributed by atoms with Crippen molar-refractivity contribution in [2.75, 3.05) is 6.61 Å². The molecule has 26 heavy (non-hydrogen) atoms. The summed E-state index contributed by atoms with van der Waals surface area (Å²) in [6.07, 6.45) is 5.31. The number of rotatable bonds is 8. The van der Waals surface area contributed by atoms with E-state index in [1.54, 1.807) is 18.2 Å². The second kappa shape index (κ2) is 8.85. The normalized spacial score (nSPS) is 11.1. The van der Waals surface area contributed by atoms with Gasteiger partial charge >= 0.3 is 0 Å². The van der Waals surface area contributed by atoms with Crippen LogP contribution in [0, 0.1) is 6.92 Å². The topological polar surface area (TPSA) is 48.4 Å². The molecule has 0 aliphatic carbocycles. The van der Waals surface area contributed by atoms with Gasteiger partial charge in [0.2, 0.25) is 0 Å². The maximum Gasteiger partial charge on any atom is 0.156 e. The van der Waals surface area contributed by atoms with E-state index in [-0.39, 0.29) is 0 Å². The number of aryl methyl sites for hydroxylation is 2. The van der Waals surface area contributed by atoms with Gasteiger partial charge in [0.1, 0.15) is 5.76 Å². The average molecular weight is 415 g/mol. The van der Waals surface area contributed by atoms with E-state index < -0.39 is 0 Å². The van der Waals surface area contributed by atoms with Gasteiger partial charge in [0.05, 0.1) is 33.6 Å². The van der Waals surface area contributed by atoms with Crippen LogP contribution in [0.5, 0.6) is 5.75 Å². The minimum Gasteiger partial charge on any atom is -0.490 e. The first-order chi connectivity index (χ1) is 12.5. The summed E-state index contributed by atoms with van der Waals surface area (Å²) in [4.78, 5) is 0. The fourth-order valence-electron chi connectivity index (χ4n) is 2.62. The van der Waals surface area contributed by atoms with Crippen molar-refractivity contribution in [1.82, 2.24) is 5.16 Å². The molecular weight excluding hydrogens is 397 g/mol. The van der Waals surface area contributed by atoms with E-state index in [0.717, 1.165) is 37.1 Å². The van der Waals surface area contributed by atoms with Crippen molar-refractivity contribution in [1.29, 1.82) is 0 Å². The van der Waals surface area contributed by atoms with Crippen LogP contribution in [0.2, 0.25) is 15.1 Å². The molecule has 3 aromatic rings. The summed E-state index contributed by atoms with van der Waals surface area (Å²) in [5.41, 5.74) is 1.62. The molecule has 0 saturated carbocycles. The number of ether oxygens (including phenoxy) is 1. The number of aromatic nitrogens is 1. The number of nitrogens with zero attached hydrogens (tertiary/aromatic N) is 1. The van der Waals surface area contributed by atoms with Gasteiger partial charge in [-0.2, -0.15) is 0 Å². The monoisotopic (exact) mass is 413 g/mol. The van der Waals surface area contributed by atoms with Gasteiger partial charge in [-0.15, -0.1) is 0 Å². The Morgan fingerprint density at radius 3 is 2.38 bits per heavy atom. The standard InChI is InChI=1S/C19H18Cl3NO3/c1-12-9-14(26-23-12)5-3-2-4-7-24-19-16(21)10-13(11-17(19)22)18-15(20)6-8-25-18/h6,8-11H,2-5,7H2,1H3. The summed E-state index contributed by atoms with van der Waals surface area (Å²) < 4.78 is 16.3. The van der Waals surface area contributed by atoms with Crippen molar-refractivity contribution in [3.05, 3.63) is 57.1 Å². The molecule has 0 saturated heterocycles. The number of furan rings is 1. The summed E-state index contributed by atoms with van der Waals surface area (Å²) in [6.45, 7) is 2.45. The molecule has 0 radical (unpaired) electrons. The molecule has 0 atom stereocenters. The van der Waals surface area contributed by atoms with E-state index in [1.807, 2.05) is 13.0 Å². The molecule has 0 bridgehead atoms. The van der Waals surface area contributed by atoms with Gasteiger partial charge in [0, 0.05) is 18.1 Å². The lowest BCUT2D eigenvalue weighted by Gasteiger charge is -2.11. The molecule has 4 nitrogen and oxygen atoms in total. The smallest absolute Gasteiger partial charge is 0.156 e. The van der Waals surface area contributed by atoms with Gasteiger partial charge in [-0.3, -0.25) is 0 Å². The molecule has 0 fully saturated rings. The highest BCUT2D eigenvalue weighted by molar-refractivity contribution is 6.38. The van der Waals surface area contributed by atoms with Crippen molar-refractivity contribution >= 4 is 34.8 Å². The zero-order valence-corrected chi connectivity index (χ0v) is 16.5.